The Labute approximate surface area is 159 Å². The molecule has 1 aliphatic rings. The average Bonchev–Trinajstić information content (AvgIpc) is 2.99. The zero-order chi connectivity index (χ0) is 17.8. The van der Waals surface area contributed by atoms with Crippen LogP contribution in [-0.4, -0.2) is 52.4 Å². The molecule has 134 valence electrons. The Bertz CT molecular complexity index is 770. The van der Waals surface area contributed by atoms with Gasteiger partial charge < -0.3 is 4.90 Å². The maximum absolute atomic E-state index is 12.7. The fourth-order valence-corrected chi connectivity index (χ4v) is 4.76. The Balaban J connectivity index is 1.57. The second-order valence-electron chi connectivity index (χ2n) is 6.19. The minimum Gasteiger partial charge on any atom is -0.336 e. The monoisotopic (exact) mass is 396 g/mol. The number of thiophene rings is 1. The molecule has 3 rings (SSSR count). The normalized spacial score (nSPS) is 16.8. The van der Waals surface area contributed by atoms with Crippen molar-refractivity contribution in [3.63, 3.8) is 0 Å². The maximum Gasteiger partial charge on any atom is 0.253 e. The number of carbonyl (C=O) groups is 1. The Morgan fingerprint density at radius 2 is 1.96 bits per heavy atom. The van der Waals surface area contributed by atoms with Gasteiger partial charge in [-0.25, -0.2) is 0 Å². The number of hydrogen-bond acceptors (Lipinski definition) is 4. The fraction of sp³-hybridized carbons (Fsp3) is 0.389. The third-order valence-corrected chi connectivity index (χ3v) is 6.17. The lowest BCUT2D eigenvalue weighted by Crippen LogP contribution is -2.48. The molecule has 25 heavy (non-hydrogen) atoms. The van der Waals surface area contributed by atoms with Gasteiger partial charge in [-0.1, -0.05) is 23.7 Å². The summed E-state index contributed by atoms with van der Waals surface area (Å²) in [5.41, 5.74) is 1.63. The van der Waals surface area contributed by atoms with Crippen LogP contribution in [0.1, 0.15) is 20.8 Å². The van der Waals surface area contributed by atoms with E-state index in [0.29, 0.717) is 11.3 Å². The molecule has 0 spiro atoms. The molecule has 0 N–H and O–H groups in total. The first-order chi connectivity index (χ1) is 12.0. The maximum atomic E-state index is 12.7. The predicted octanol–water partition coefficient (Wildman–Crippen LogP) is 3.24. The molecule has 1 unspecified atom stereocenters. The third-order valence-electron chi connectivity index (χ3n) is 4.21. The van der Waals surface area contributed by atoms with Crippen LogP contribution in [-0.2, 0) is 23.1 Å². The molecule has 2 aromatic rings. The van der Waals surface area contributed by atoms with Gasteiger partial charge in [-0.3, -0.25) is 13.9 Å². The fourth-order valence-electron chi connectivity index (χ4n) is 2.98. The van der Waals surface area contributed by atoms with Crippen LogP contribution in [0.15, 0.2) is 36.4 Å². The summed E-state index contributed by atoms with van der Waals surface area (Å²) in [4.78, 5) is 18.2. The lowest BCUT2D eigenvalue weighted by atomic mass is 10.1. The van der Waals surface area contributed by atoms with E-state index in [9.17, 15) is 9.00 Å². The van der Waals surface area contributed by atoms with Gasteiger partial charge in [0.15, 0.2) is 0 Å². The van der Waals surface area contributed by atoms with Crippen LogP contribution >= 0.6 is 22.9 Å². The standard InChI is InChI=1S/C18H21ClN2O2S2/c1-25(23)13-14-3-2-4-15(11-14)18(22)21-9-7-20(8-10-21)12-16-5-6-17(19)24-16/h2-6,11H,7-10,12-13H2,1H3. The summed E-state index contributed by atoms with van der Waals surface area (Å²) in [6.45, 7) is 4.06. The summed E-state index contributed by atoms with van der Waals surface area (Å²) in [5, 5.41) is 0. The minimum absolute atomic E-state index is 0.0579. The summed E-state index contributed by atoms with van der Waals surface area (Å²) in [5.74, 6) is 0.542. The number of carbonyl (C=O) groups excluding carboxylic acids is 1. The number of hydrogen-bond donors (Lipinski definition) is 0. The van der Waals surface area contributed by atoms with Gasteiger partial charge in [0.05, 0.1) is 4.34 Å². The van der Waals surface area contributed by atoms with Gasteiger partial charge in [0.2, 0.25) is 0 Å². The Hall–Kier alpha value is -1.21. The first kappa shape index (κ1) is 18.6. The molecule has 1 atom stereocenters. The van der Waals surface area contributed by atoms with Crippen LogP contribution in [0, 0.1) is 0 Å². The molecular formula is C18H21ClN2O2S2. The molecule has 2 heterocycles. The van der Waals surface area contributed by atoms with Crippen LogP contribution in [0.5, 0.6) is 0 Å². The van der Waals surface area contributed by atoms with Crippen molar-refractivity contribution in [3.05, 3.63) is 56.7 Å². The smallest absolute Gasteiger partial charge is 0.253 e. The molecule has 0 aliphatic carbocycles. The van der Waals surface area contributed by atoms with Gasteiger partial charge in [-0.05, 0) is 29.8 Å². The van der Waals surface area contributed by atoms with Crippen molar-refractivity contribution < 1.29 is 9.00 Å². The molecule has 4 nitrogen and oxygen atoms in total. The zero-order valence-electron chi connectivity index (χ0n) is 14.1. The summed E-state index contributed by atoms with van der Waals surface area (Å²) in [6.07, 6.45) is 1.68. The number of piperazine rings is 1. The van der Waals surface area contributed by atoms with Gasteiger partial charge in [-0.2, -0.15) is 0 Å². The van der Waals surface area contributed by atoms with Crippen molar-refractivity contribution in [1.82, 2.24) is 9.80 Å². The van der Waals surface area contributed by atoms with Crippen molar-refractivity contribution in [1.29, 1.82) is 0 Å². The second kappa shape index (κ2) is 8.45. The summed E-state index contributed by atoms with van der Waals surface area (Å²) in [7, 11) is -0.905. The van der Waals surface area contributed by atoms with E-state index in [4.69, 9.17) is 11.6 Å². The summed E-state index contributed by atoms with van der Waals surface area (Å²) in [6, 6.07) is 11.5. The van der Waals surface area contributed by atoms with E-state index in [1.165, 1.54) is 4.88 Å². The zero-order valence-corrected chi connectivity index (χ0v) is 16.5. The van der Waals surface area contributed by atoms with Crippen molar-refractivity contribution in [3.8, 4) is 0 Å². The van der Waals surface area contributed by atoms with Gasteiger partial charge in [0.25, 0.3) is 5.91 Å². The van der Waals surface area contributed by atoms with E-state index in [1.807, 2.05) is 35.2 Å². The highest BCUT2D eigenvalue weighted by Crippen LogP contribution is 2.23. The van der Waals surface area contributed by atoms with Gasteiger partial charge in [0.1, 0.15) is 0 Å². The van der Waals surface area contributed by atoms with Crippen molar-refractivity contribution in [2.45, 2.75) is 12.3 Å². The van der Waals surface area contributed by atoms with Crippen LogP contribution in [0.4, 0.5) is 0 Å². The molecule has 1 amide bonds. The van der Waals surface area contributed by atoms with E-state index in [-0.39, 0.29) is 5.91 Å². The number of amides is 1. The van der Waals surface area contributed by atoms with E-state index < -0.39 is 10.8 Å². The molecule has 1 saturated heterocycles. The van der Waals surface area contributed by atoms with E-state index in [1.54, 1.807) is 17.6 Å². The molecule has 0 radical (unpaired) electrons. The minimum atomic E-state index is -0.905. The first-order valence-electron chi connectivity index (χ1n) is 8.16. The van der Waals surface area contributed by atoms with Crippen molar-refractivity contribution in [2.75, 3.05) is 32.4 Å². The number of halogens is 1. The average molecular weight is 397 g/mol. The number of benzene rings is 1. The molecule has 0 saturated carbocycles. The first-order valence-corrected chi connectivity index (χ1v) is 11.1. The molecule has 1 aromatic carbocycles. The molecular weight excluding hydrogens is 376 g/mol. The number of nitrogens with zero attached hydrogens (tertiary/aromatic N) is 2. The number of rotatable bonds is 5. The predicted molar refractivity (Wildman–Crippen MR) is 105 cm³/mol. The molecule has 0 bridgehead atoms. The quantitative estimate of drug-likeness (QED) is 0.779. The van der Waals surface area contributed by atoms with Crippen LogP contribution in [0.3, 0.4) is 0 Å². The SMILES string of the molecule is CS(=O)Cc1cccc(C(=O)N2CCN(Cc3ccc(Cl)s3)CC2)c1. The lowest BCUT2D eigenvalue weighted by Gasteiger charge is -2.34. The molecule has 7 heteroatoms. The Morgan fingerprint density at radius 3 is 2.60 bits per heavy atom. The summed E-state index contributed by atoms with van der Waals surface area (Å²) >= 11 is 7.59. The molecule has 1 aliphatic heterocycles. The van der Waals surface area contributed by atoms with Crippen molar-refractivity contribution in [2.24, 2.45) is 0 Å². The van der Waals surface area contributed by atoms with E-state index in [2.05, 4.69) is 11.0 Å². The van der Waals surface area contributed by atoms with Gasteiger partial charge in [0, 0.05) is 66.0 Å². The summed E-state index contributed by atoms with van der Waals surface area (Å²) < 4.78 is 12.2. The van der Waals surface area contributed by atoms with E-state index >= 15 is 0 Å². The highest BCUT2D eigenvalue weighted by Gasteiger charge is 2.22. The Morgan fingerprint density at radius 1 is 1.20 bits per heavy atom. The second-order valence-corrected chi connectivity index (χ2v) is 9.43. The van der Waals surface area contributed by atoms with Crippen LogP contribution in [0.25, 0.3) is 0 Å². The topological polar surface area (TPSA) is 40.6 Å². The highest BCUT2D eigenvalue weighted by atomic mass is 35.5. The van der Waals surface area contributed by atoms with Crippen LogP contribution < -0.4 is 0 Å². The van der Waals surface area contributed by atoms with E-state index in [0.717, 1.165) is 42.6 Å². The Kier molecular flexibility index (Phi) is 6.28. The van der Waals surface area contributed by atoms with Gasteiger partial charge in [-0.15, -0.1) is 11.3 Å². The molecule has 1 aromatic heterocycles. The largest absolute Gasteiger partial charge is 0.336 e. The van der Waals surface area contributed by atoms with Gasteiger partial charge >= 0.3 is 0 Å². The third kappa shape index (κ3) is 5.14. The van der Waals surface area contributed by atoms with Crippen molar-refractivity contribution >= 4 is 39.6 Å². The molecule has 1 fully saturated rings. The van der Waals surface area contributed by atoms with Crippen LogP contribution in [0.2, 0.25) is 4.34 Å². The lowest BCUT2D eigenvalue weighted by molar-refractivity contribution is 0.0629. The highest BCUT2D eigenvalue weighted by molar-refractivity contribution is 7.83.